The maximum Gasteiger partial charge on any atom is 0.231 e. The van der Waals surface area contributed by atoms with Crippen LogP contribution in [0.15, 0.2) is 36.4 Å². The Kier molecular flexibility index (Phi) is 3.81. The molecule has 0 unspecified atom stereocenters. The molecule has 104 valence electrons. The molecule has 0 saturated heterocycles. The molecular formula is C16H16ClNO2. The molecule has 0 bridgehead atoms. The summed E-state index contributed by atoms with van der Waals surface area (Å²) in [5, 5.41) is 4.20. The molecule has 2 aromatic rings. The maximum absolute atomic E-state index is 6.21. The van der Waals surface area contributed by atoms with E-state index in [1.54, 1.807) is 0 Å². The largest absolute Gasteiger partial charge is 0.454 e. The number of aryl methyl sites for hydroxylation is 1. The maximum atomic E-state index is 6.21. The van der Waals surface area contributed by atoms with Gasteiger partial charge in [-0.25, -0.2) is 0 Å². The van der Waals surface area contributed by atoms with E-state index in [-0.39, 0.29) is 0 Å². The minimum atomic E-state index is 0.311. The summed E-state index contributed by atoms with van der Waals surface area (Å²) in [4.78, 5) is 0. The molecule has 4 heteroatoms. The summed E-state index contributed by atoms with van der Waals surface area (Å²) < 4.78 is 10.7. The molecule has 1 N–H and O–H groups in total. The highest BCUT2D eigenvalue weighted by molar-refractivity contribution is 6.31. The number of halogens is 1. The summed E-state index contributed by atoms with van der Waals surface area (Å²) in [6.45, 7) is 3.86. The Morgan fingerprint density at radius 2 is 1.90 bits per heavy atom. The van der Waals surface area contributed by atoms with Gasteiger partial charge >= 0.3 is 0 Å². The molecular weight excluding hydrogens is 274 g/mol. The van der Waals surface area contributed by atoms with Crippen molar-refractivity contribution in [1.29, 1.82) is 0 Å². The smallest absolute Gasteiger partial charge is 0.231 e. The predicted molar refractivity (Wildman–Crippen MR) is 79.3 cm³/mol. The van der Waals surface area contributed by atoms with Crippen LogP contribution in [0.5, 0.6) is 11.5 Å². The minimum absolute atomic E-state index is 0.311. The molecule has 2 aromatic carbocycles. The topological polar surface area (TPSA) is 30.5 Å². The Morgan fingerprint density at radius 3 is 2.75 bits per heavy atom. The lowest BCUT2D eigenvalue weighted by atomic mass is 10.1. The van der Waals surface area contributed by atoms with Crippen molar-refractivity contribution in [2.75, 3.05) is 6.79 Å². The summed E-state index contributed by atoms with van der Waals surface area (Å²) in [7, 11) is 0. The fraction of sp³-hybridized carbons (Fsp3) is 0.250. The van der Waals surface area contributed by atoms with Crippen LogP contribution >= 0.6 is 11.6 Å². The van der Waals surface area contributed by atoms with E-state index >= 15 is 0 Å². The van der Waals surface area contributed by atoms with Crippen molar-refractivity contribution < 1.29 is 9.47 Å². The molecule has 1 aliphatic rings. The van der Waals surface area contributed by atoms with Crippen molar-refractivity contribution in [3.63, 3.8) is 0 Å². The average molecular weight is 290 g/mol. The van der Waals surface area contributed by atoms with Gasteiger partial charge in [-0.2, -0.15) is 0 Å². The van der Waals surface area contributed by atoms with Gasteiger partial charge in [-0.1, -0.05) is 29.8 Å². The quantitative estimate of drug-likeness (QED) is 0.931. The van der Waals surface area contributed by atoms with Crippen LogP contribution in [-0.4, -0.2) is 6.79 Å². The van der Waals surface area contributed by atoms with Gasteiger partial charge in [-0.05, 0) is 41.8 Å². The van der Waals surface area contributed by atoms with Crippen LogP contribution in [-0.2, 0) is 13.1 Å². The molecule has 0 amide bonds. The first kappa shape index (κ1) is 13.3. The molecule has 0 radical (unpaired) electrons. The van der Waals surface area contributed by atoms with E-state index in [9.17, 15) is 0 Å². The first-order chi connectivity index (χ1) is 9.72. The number of nitrogens with one attached hydrogen (secondary N) is 1. The molecule has 20 heavy (non-hydrogen) atoms. The second-order valence-electron chi connectivity index (χ2n) is 4.89. The van der Waals surface area contributed by atoms with Gasteiger partial charge in [0.05, 0.1) is 0 Å². The van der Waals surface area contributed by atoms with Crippen LogP contribution in [0.25, 0.3) is 0 Å². The second-order valence-corrected chi connectivity index (χ2v) is 5.29. The molecule has 0 saturated carbocycles. The normalized spacial score (nSPS) is 12.7. The Labute approximate surface area is 123 Å². The van der Waals surface area contributed by atoms with Gasteiger partial charge in [0.2, 0.25) is 6.79 Å². The van der Waals surface area contributed by atoms with Gasteiger partial charge in [0, 0.05) is 18.1 Å². The fourth-order valence-electron chi connectivity index (χ4n) is 2.19. The van der Waals surface area contributed by atoms with Crippen molar-refractivity contribution >= 4 is 11.6 Å². The first-order valence-corrected chi connectivity index (χ1v) is 6.94. The van der Waals surface area contributed by atoms with E-state index in [2.05, 4.69) is 17.4 Å². The molecule has 3 rings (SSSR count). The summed E-state index contributed by atoms with van der Waals surface area (Å²) in [5.74, 6) is 1.63. The van der Waals surface area contributed by atoms with Crippen LogP contribution in [0.4, 0.5) is 0 Å². The Morgan fingerprint density at radius 1 is 1.05 bits per heavy atom. The third kappa shape index (κ3) is 2.89. The number of hydrogen-bond donors (Lipinski definition) is 1. The molecule has 0 atom stereocenters. The van der Waals surface area contributed by atoms with E-state index in [1.165, 1.54) is 5.56 Å². The first-order valence-electron chi connectivity index (χ1n) is 6.56. The Hall–Kier alpha value is -1.71. The van der Waals surface area contributed by atoms with Crippen LogP contribution in [0.3, 0.4) is 0 Å². The van der Waals surface area contributed by atoms with Crippen LogP contribution in [0, 0.1) is 6.92 Å². The number of fused-ring (bicyclic) bond motifs is 1. The predicted octanol–water partition coefficient (Wildman–Crippen LogP) is 3.67. The lowest BCUT2D eigenvalue weighted by Crippen LogP contribution is -2.13. The molecule has 3 nitrogen and oxygen atoms in total. The number of rotatable bonds is 4. The summed E-state index contributed by atoms with van der Waals surface area (Å²) in [6.07, 6.45) is 0. The third-order valence-corrected chi connectivity index (χ3v) is 3.64. The van der Waals surface area contributed by atoms with Crippen molar-refractivity contribution in [3.8, 4) is 11.5 Å². The second kappa shape index (κ2) is 5.73. The molecule has 0 aromatic heterocycles. The number of benzene rings is 2. The van der Waals surface area contributed by atoms with E-state index < -0.39 is 0 Å². The average Bonchev–Trinajstić information content (AvgIpc) is 2.89. The monoisotopic (exact) mass is 289 g/mol. The zero-order valence-electron chi connectivity index (χ0n) is 11.3. The lowest BCUT2D eigenvalue weighted by Gasteiger charge is -2.08. The van der Waals surface area contributed by atoms with Crippen molar-refractivity contribution in [3.05, 3.63) is 58.1 Å². The van der Waals surface area contributed by atoms with Gasteiger partial charge in [-0.3, -0.25) is 0 Å². The third-order valence-electron chi connectivity index (χ3n) is 3.29. The van der Waals surface area contributed by atoms with Crippen molar-refractivity contribution in [2.45, 2.75) is 20.0 Å². The molecule has 0 fully saturated rings. The van der Waals surface area contributed by atoms with Gasteiger partial charge in [0.15, 0.2) is 11.5 Å². The number of hydrogen-bond acceptors (Lipinski definition) is 3. The Balaban J connectivity index is 1.60. The molecule has 1 heterocycles. The van der Waals surface area contributed by atoms with Crippen molar-refractivity contribution in [1.82, 2.24) is 5.32 Å². The molecule has 0 aliphatic carbocycles. The zero-order chi connectivity index (χ0) is 13.9. The van der Waals surface area contributed by atoms with Crippen LogP contribution in [0.2, 0.25) is 5.02 Å². The van der Waals surface area contributed by atoms with E-state index in [4.69, 9.17) is 21.1 Å². The van der Waals surface area contributed by atoms with Crippen LogP contribution < -0.4 is 14.8 Å². The molecule has 1 aliphatic heterocycles. The van der Waals surface area contributed by atoms with Gasteiger partial charge < -0.3 is 14.8 Å². The molecule has 0 spiro atoms. The highest BCUT2D eigenvalue weighted by atomic mass is 35.5. The highest BCUT2D eigenvalue weighted by Gasteiger charge is 2.12. The van der Waals surface area contributed by atoms with E-state index in [1.807, 2.05) is 31.2 Å². The van der Waals surface area contributed by atoms with E-state index in [0.717, 1.165) is 40.7 Å². The zero-order valence-corrected chi connectivity index (χ0v) is 12.0. The van der Waals surface area contributed by atoms with E-state index in [0.29, 0.717) is 6.79 Å². The Bertz CT molecular complexity index is 628. The van der Waals surface area contributed by atoms with Gasteiger partial charge in [0.25, 0.3) is 0 Å². The highest BCUT2D eigenvalue weighted by Crippen LogP contribution is 2.32. The van der Waals surface area contributed by atoms with Gasteiger partial charge in [-0.15, -0.1) is 0 Å². The summed E-state index contributed by atoms with van der Waals surface area (Å²) in [5.41, 5.74) is 3.45. The number of ether oxygens (including phenoxy) is 2. The van der Waals surface area contributed by atoms with Crippen molar-refractivity contribution in [2.24, 2.45) is 0 Å². The summed E-state index contributed by atoms with van der Waals surface area (Å²) in [6, 6.07) is 12.1. The fourth-order valence-corrected chi connectivity index (χ4v) is 2.49. The SMILES string of the molecule is Cc1ccc(CNCc2ccc3c(c2)OCO3)c(Cl)c1. The summed E-state index contributed by atoms with van der Waals surface area (Å²) >= 11 is 6.21. The van der Waals surface area contributed by atoms with Crippen LogP contribution in [0.1, 0.15) is 16.7 Å². The van der Waals surface area contributed by atoms with Gasteiger partial charge in [0.1, 0.15) is 0 Å². The minimum Gasteiger partial charge on any atom is -0.454 e. The standard InChI is InChI=1S/C16H16ClNO2/c1-11-2-4-13(14(17)6-11)9-18-8-12-3-5-15-16(7-12)20-10-19-15/h2-7,18H,8-10H2,1H3. The lowest BCUT2D eigenvalue weighted by molar-refractivity contribution is 0.174.